The molecule has 0 unspecified atom stereocenters. The predicted octanol–water partition coefficient (Wildman–Crippen LogP) is 1.58. The molecule has 2 rings (SSSR count). The van der Waals surface area contributed by atoms with Crippen molar-refractivity contribution < 1.29 is 9.47 Å². The van der Waals surface area contributed by atoms with Gasteiger partial charge in [-0.25, -0.2) is 0 Å². The van der Waals surface area contributed by atoms with E-state index in [1.165, 1.54) is 0 Å². The van der Waals surface area contributed by atoms with Crippen LogP contribution >= 0.6 is 0 Å². The third-order valence-corrected chi connectivity index (χ3v) is 2.31. The van der Waals surface area contributed by atoms with Crippen LogP contribution in [0.15, 0.2) is 24.3 Å². The highest BCUT2D eigenvalue weighted by Crippen LogP contribution is 2.22. The molecule has 0 aliphatic carbocycles. The normalized spacial score (nSPS) is 18.4. The van der Waals surface area contributed by atoms with Crippen LogP contribution in [0.1, 0.15) is 23.8 Å². The van der Waals surface area contributed by atoms with Crippen LogP contribution in [-0.4, -0.2) is 13.2 Å². The SMILES string of the molecule is NCc1ccc(C2OCCCO2)cc1. The van der Waals surface area contributed by atoms with Crippen molar-refractivity contribution in [3.8, 4) is 0 Å². The Morgan fingerprint density at radius 3 is 2.36 bits per heavy atom. The first-order valence-corrected chi connectivity index (χ1v) is 4.92. The number of rotatable bonds is 2. The lowest BCUT2D eigenvalue weighted by Crippen LogP contribution is -2.17. The minimum atomic E-state index is -0.185. The second-order valence-corrected chi connectivity index (χ2v) is 3.37. The predicted molar refractivity (Wildman–Crippen MR) is 53.6 cm³/mol. The summed E-state index contributed by atoms with van der Waals surface area (Å²) < 4.78 is 11.0. The third kappa shape index (κ3) is 2.12. The Kier molecular flexibility index (Phi) is 3.14. The van der Waals surface area contributed by atoms with Gasteiger partial charge in [-0.05, 0) is 12.0 Å². The Balaban J connectivity index is 2.07. The van der Waals surface area contributed by atoms with E-state index < -0.39 is 0 Å². The lowest BCUT2D eigenvalue weighted by atomic mass is 10.1. The van der Waals surface area contributed by atoms with Crippen LogP contribution in [0.25, 0.3) is 0 Å². The van der Waals surface area contributed by atoms with Crippen LogP contribution in [0.4, 0.5) is 0 Å². The van der Waals surface area contributed by atoms with E-state index in [4.69, 9.17) is 15.2 Å². The highest BCUT2D eigenvalue weighted by Gasteiger charge is 2.15. The summed E-state index contributed by atoms with van der Waals surface area (Å²) in [7, 11) is 0. The molecule has 0 atom stereocenters. The standard InChI is InChI=1S/C11H15NO2/c12-8-9-2-4-10(5-3-9)11-13-6-1-7-14-11/h2-5,11H,1,6-8,12H2. The van der Waals surface area contributed by atoms with Crippen LogP contribution in [0, 0.1) is 0 Å². The van der Waals surface area contributed by atoms with Crippen molar-refractivity contribution in [1.29, 1.82) is 0 Å². The average Bonchev–Trinajstić information content (AvgIpc) is 2.30. The summed E-state index contributed by atoms with van der Waals surface area (Å²) >= 11 is 0. The van der Waals surface area contributed by atoms with E-state index in [1.54, 1.807) is 0 Å². The molecule has 14 heavy (non-hydrogen) atoms. The maximum Gasteiger partial charge on any atom is 0.183 e. The average molecular weight is 193 g/mol. The fraction of sp³-hybridized carbons (Fsp3) is 0.455. The Labute approximate surface area is 83.8 Å². The minimum absolute atomic E-state index is 0.185. The molecule has 0 amide bonds. The molecule has 1 aromatic carbocycles. The number of ether oxygens (including phenoxy) is 2. The van der Waals surface area contributed by atoms with Gasteiger partial charge in [0.15, 0.2) is 6.29 Å². The van der Waals surface area contributed by atoms with E-state index in [-0.39, 0.29) is 6.29 Å². The molecular formula is C11H15NO2. The molecule has 0 saturated carbocycles. The summed E-state index contributed by atoms with van der Waals surface area (Å²) in [5.74, 6) is 0. The van der Waals surface area contributed by atoms with Gasteiger partial charge in [0, 0.05) is 12.1 Å². The molecule has 2 N–H and O–H groups in total. The highest BCUT2D eigenvalue weighted by molar-refractivity contribution is 5.23. The maximum absolute atomic E-state index is 5.52. The van der Waals surface area contributed by atoms with Crippen molar-refractivity contribution in [3.05, 3.63) is 35.4 Å². The van der Waals surface area contributed by atoms with Crippen molar-refractivity contribution in [2.24, 2.45) is 5.73 Å². The Hall–Kier alpha value is -0.900. The lowest BCUT2D eigenvalue weighted by Gasteiger charge is -2.23. The lowest BCUT2D eigenvalue weighted by molar-refractivity contribution is -0.183. The zero-order valence-electron chi connectivity index (χ0n) is 8.11. The van der Waals surface area contributed by atoms with Crippen LogP contribution < -0.4 is 5.73 Å². The van der Waals surface area contributed by atoms with Crippen molar-refractivity contribution in [2.45, 2.75) is 19.3 Å². The van der Waals surface area contributed by atoms with Gasteiger partial charge in [-0.1, -0.05) is 24.3 Å². The summed E-state index contributed by atoms with van der Waals surface area (Å²) in [6.45, 7) is 2.14. The van der Waals surface area contributed by atoms with Crippen molar-refractivity contribution in [3.63, 3.8) is 0 Å². The minimum Gasteiger partial charge on any atom is -0.348 e. The van der Waals surface area contributed by atoms with E-state index in [0.717, 1.165) is 30.8 Å². The first-order valence-electron chi connectivity index (χ1n) is 4.92. The fourth-order valence-electron chi connectivity index (χ4n) is 1.49. The Morgan fingerprint density at radius 1 is 1.14 bits per heavy atom. The molecule has 0 radical (unpaired) electrons. The molecule has 1 aromatic rings. The molecular weight excluding hydrogens is 178 g/mol. The Bertz CT molecular complexity index is 278. The molecule has 0 bridgehead atoms. The summed E-state index contributed by atoms with van der Waals surface area (Å²) in [4.78, 5) is 0. The molecule has 3 heteroatoms. The first kappa shape index (κ1) is 9.65. The van der Waals surface area contributed by atoms with Gasteiger partial charge in [-0.15, -0.1) is 0 Å². The number of hydrogen-bond acceptors (Lipinski definition) is 3. The van der Waals surface area contributed by atoms with E-state index >= 15 is 0 Å². The quantitative estimate of drug-likeness (QED) is 0.775. The zero-order chi connectivity index (χ0) is 9.80. The molecule has 1 aliphatic rings. The summed E-state index contributed by atoms with van der Waals surface area (Å²) in [6.07, 6.45) is 0.799. The number of nitrogens with two attached hydrogens (primary N) is 1. The molecule has 1 fully saturated rings. The molecule has 1 saturated heterocycles. The molecule has 76 valence electrons. The fourth-order valence-corrected chi connectivity index (χ4v) is 1.49. The molecule has 0 aromatic heterocycles. The second kappa shape index (κ2) is 4.55. The third-order valence-electron chi connectivity index (χ3n) is 2.31. The number of benzene rings is 1. The van der Waals surface area contributed by atoms with Crippen molar-refractivity contribution in [1.82, 2.24) is 0 Å². The smallest absolute Gasteiger partial charge is 0.183 e. The largest absolute Gasteiger partial charge is 0.348 e. The van der Waals surface area contributed by atoms with E-state index in [2.05, 4.69) is 0 Å². The van der Waals surface area contributed by atoms with Crippen LogP contribution in [0.2, 0.25) is 0 Å². The monoisotopic (exact) mass is 193 g/mol. The van der Waals surface area contributed by atoms with Crippen molar-refractivity contribution in [2.75, 3.05) is 13.2 Å². The molecule has 3 nitrogen and oxygen atoms in total. The summed E-state index contributed by atoms with van der Waals surface area (Å²) in [5, 5.41) is 0. The zero-order valence-corrected chi connectivity index (χ0v) is 8.11. The molecule has 0 spiro atoms. The number of hydrogen-bond donors (Lipinski definition) is 1. The van der Waals surface area contributed by atoms with Crippen molar-refractivity contribution >= 4 is 0 Å². The topological polar surface area (TPSA) is 44.5 Å². The second-order valence-electron chi connectivity index (χ2n) is 3.37. The van der Waals surface area contributed by atoms with Gasteiger partial charge in [0.1, 0.15) is 0 Å². The van der Waals surface area contributed by atoms with E-state index in [0.29, 0.717) is 6.54 Å². The maximum atomic E-state index is 5.52. The van der Waals surface area contributed by atoms with E-state index in [9.17, 15) is 0 Å². The van der Waals surface area contributed by atoms with Gasteiger partial charge < -0.3 is 15.2 Å². The summed E-state index contributed by atoms with van der Waals surface area (Å²) in [6, 6.07) is 8.05. The van der Waals surface area contributed by atoms with Gasteiger partial charge in [0.2, 0.25) is 0 Å². The van der Waals surface area contributed by atoms with Crippen LogP contribution in [0.5, 0.6) is 0 Å². The van der Waals surface area contributed by atoms with Gasteiger partial charge in [-0.2, -0.15) is 0 Å². The van der Waals surface area contributed by atoms with E-state index in [1.807, 2.05) is 24.3 Å². The van der Waals surface area contributed by atoms with Crippen LogP contribution in [-0.2, 0) is 16.0 Å². The highest BCUT2D eigenvalue weighted by atomic mass is 16.7. The van der Waals surface area contributed by atoms with Gasteiger partial charge >= 0.3 is 0 Å². The van der Waals surface area contributed by atoms with Gasteiger partial charge in [-0.3, -0.25) is 0 Å². The van der Waals surface area contributed by atoms with Gasteiger partial charge in [0.05, 0.1) is 13.2 Å². The first-order chi connectivity index (χ1) is 6.90. The van der Waals surface area contributed by atoms with Crippen LogP contribution in [0.3, 0.4) is 0 Å². The summed E-state index contributed by atoms with van der Waals surface area (Å²) in [5.41, 5.74) is 7.72. The Morgan fingerprint density at radius 2 is 1.79 bits per heavy atom. The molecule has 1 heterocycles. The molecule has 1 aliphatic heterocycles. The van der Waals surface area contributed by atoms with Gasteiger partial charge in [0.25, 0.3) is 0 Å².